The first-order valence-electron chi connectivity index (χ1n) is 12.4. The SMILES string of the molecule is CC(O)Cc1cc(F)c(-c2cc(C(N)=O)c(Nc3cccc(CC(=O)N4CCOC(N(C)C)C4)n3)s2)c(F)c1. The van der Waals surface area contributed by atoms with Crippen LogP contribution in [0.25, 0.3) is 10.4 Å². The fourth-order valence-corrected chi connectivity index (χ4v) is 5.43. The van der Waals surface area contributed by atoms with Crippen molar-refractivity contribution in [2.75, 3.05) is 39.1 Å². The molecule has 1 saturated heterocycles. The Balaban J connectivity index is 1.54. The summed E-state index contributed by atoms with van der Waals surface area (Å²) in [7, 11) is 3.78. The van der Waals surface area contributed by atoms with Gasteiger partial charge in [-0.15, -0.1) is 11.3 Å². The van der Waals surface area contributed by atoms with Gasteiger partial charge in [0.1, 0.15) is 28.7 Å². The molecule has 0 aliphatic carbocycles. The molecule has 3 aromatic rings. The number of carbonyl (C=O) groups is 2. The van der Waals surface area contributed by atoms with E-state index in [1.54, 1.807) is 23.1 Å². The summed E-state index contributed by atoms with van der Waals surface area (Å²) in [6.45, 7) is 2.93. The van der Waals surface area contributed by atoms with Gasteiger partial charge in [0.2, 0.25) is 5.91 Å². The number of hydrogen-bond donors (Lipinski definition) is 3. The zero-order valence-corrected chi connectivity index (χ0v) is 22.7. The molecule has 2 unspecified atom stereocenters. The number of likely N-dealkylation sites (N-methyl/N-ethyl adjacent to an activating group) is 1. The van der Waals surface area contributed by atoms with E-state index in [9.17, 15) is 23.5 Å². The molecule has 3 heterocycles. The Hall–Kier alpha value is -3.45. The minimum Gasteiger partial charge on any atom is -0.393 e. The maximum atomic E-state index is 14.9. The molecular formula is C27H31F2N5O4S. The molecule has 0 bridgehead atoms. The highest BCUT2D eigenvalue weighted by Crippen LogP contribution is 2.39. The van der Waals surface area contributed by atoms with Gasteiger partial charge < -0.3 is 25.8 Å². The summed E-state index contributed by atoms with van der Waals surface area (Å²) in [6, 6.07) is 8.76. The predicted molar refractivity (Wildman–Crippen MR) is 145 cm³/mol. The number of nitrogens with one attached hydrogen (secondary N) is 1. The zero-order chi connectivity index (χ0) is 28.3. The van der Waals surface area contributed by atoms with Gasteiger partial charge in [0.15, 0.2) is 0 Å². The van der Waals surface area contributed by atoms with Gasteiger partial charge >= 0.3 is 0 Å². The number of hydrogen-bond acceptors (Lipinski definition) is 8. The summed E-state index contributed by atoms with van der Waals surface area (Å²) in [5, 5.41) is 12.8. The number of nitrogens with zero attached hydrogens (tertiary/aromatic N) is 3. The molecule has 2 amide bonds. The van der Waals surface area contributed by atoms with E-state index in [1.165, 1.54) is 25.1 Å². The van der Waals surface area contributed by atoms with Crippen LogP contribution in [0.1, 0.15) is 28.5 Å². The number of aliphatic hydroxyl groups is 1. The van der Waals surface area contributed by atoms with Gasteiger partial charge in [0.25, 0.3) is 5.91 Å². The Kier molecular flexibility index (Phi) is 8.90. The number of anilines is 2. The van der Waals surface area contributed by atoms with Crippen LogP contribution in [0.2, 0.25) is 0 Å². The maximum Gasteiger partial charge on any atom is 0.251 e. The molecule has 1 fully saturated rings. The van der Waals surface area contributed by atoms with Crippen LogP contribution in [-0.2, 0) is 22.4 Å². The third-order valence-electron chi connectivity index (χ3n) is 6.23. The lowest BCUT2D eigenvalue weighted by atomic mass is 10.0. The number of nitrogens with two attached hydrogens (primary N) is 1. The number of rotatable bonds is 9. The third-order valence-corrected chi connectivity index (χ3v) is 7.30. The van der Waals surface area contributed by atoms with Crippen molar-refractivity contribution in [2.45, 2.75) is 32.1 Å². The van der Waals surface area contributed by atoms with Crippen molar-refractivity contribution in [3.63, 3.8) is 0 Å². The van der Waals surface area contributed by atoms with Crippen molar-refractivity contribution in [2.24, 2.45) is 5.73 Å². The second-order valence-electron chi connectivity index (χ2n) is 9.65. The Bertz CT molecular complexity index is 1340. The molecule has 4 N–H and O–H groups in total. The maximum absolute atomic E-state index is 14.9. The van der Waals surface area contributed by atoms with E-state index in [0.717, 1.165) is 11.3 Å². The highest BCUT2D eigenvalue weighted by atomic mass is 32.1. The van der Waals surface area contributed by atoms with Crippen molar-refractivity contribution in [1.82, 2.24) is 14.8 Å². The summed E-state index contributed by atoms with van der Waals surface area (Å²) in [5.41, 5.74) is 6.14. The van der Waals surface area contributed by atoms with Crippen LogP contribution in [0, 0.1) is 11.6 Å². The topological polar surface area (TPSA) is 121 Å². The molecule has 2 aromatic heterocycles. The first-order chi connectivity index (χ1) is 18.5. The molecule has 208 valence electrons. The molecule has 12 heteroatoms. The molecule has 0 spiro atoms. The Morgan fingerprint density at radius 1 is 1.28 bits per heavy atom. The van der Waals surface area contributed by atoms with E-state index in [0.29, 0.717) is 36.8 Å². The zero-order valence-electron chi connectivity index (χ0n) is 21.9. The monoisotopic (exact) mass is 559 g/mol. The smallest absolute Gasteiger partial charge is 0.251 e. The summed E-state index contributed by atoms with van der Waals surface area (Å²) in [5.74, 6) is -2.14. The van der Waals surface area contributed by atoms with Gasteiger partial charge in [-0.05, 0) is 63.3 Å². The molecule has 2 atom stereocenters. The lowest BCUT2D eigenvalue weighted by Gasteiger charge is -2.36. The van der Waals surface area contributed by atoms with E-state index in [4.69, 9.17) is 10.5 Å². The van der Waals surface area contributed by atoms with Crippen molar-refractivity contribution in [1.29, 1.82) is 0 Å². The summed E-state index contributed by atoms with van der Waals surface area (Å²) < 4.78 is 35.5. The number of halogens is 2. The van der Waals surface area contributed by atoms with Crippen LogP contribution in [-0.4, -0.2) is 77.8 Å². The average Bonchev–Trinajstić information content (AvgIpc) is 3.26. The number of aromatic nitrogens is 1. The van der Waals surface area contributed by atoms with Crippen LogP contribution >= 0.6 is 11.3 Å². The van der Waals surface area contributed by atoms with Crippen molar-refractivity contribution >= 4 is 34.0 Å². The van der Waals surface area contributed by atoms with E-state index in [-0.39, 0.29) is 46.0 Å². The molecule has 0 radical (unpaired) electrons. The van der Waals surface area contributed by atoms with Crippen LogP contribution in [0.5, 0.6) is 0 Å². The molecule has 9 nitrogen and oxygen atoms in total. The summed E-state index contributed by atoms with van der Waals surface area (Å²) in [6.07, 6.45) is -0.753. The summed E-state index contributed by atoms with van der Waals surface area (Å²) >= 11 is 0.954. The minimum atomic E-state index is -0.812. The third kappa shape index (κ3) is 6.95. The number of thiophene rings is 1. The fraction of sp³-hybridized carbons (Fsp3) is 0.370. The van der Waals surface area contributed by atoms with Crippen molar-refractivity contribution in [3.05, 3.63) is 64.9 Å². The van der Waals surface area contributed by atoms with E-state index < -0.39 is 23.6 Å². The lowest BCUT2D eigenvalue weighted by Crippen LogP contribution is -2.51. The summed E-state index contributed by atoms with van der Waals surface area (Å²) in [4.78, 5) is 33.4. The quantitative estimate of drug-likeness (QED) is 0.368. The minimum absolute atomic E-state index is 0.0492. The first kappa shape index (κ1) is 28.6. The molecule has 1 aliphatic heterocycles. The van der Waals surface area contributed by atoms with Gasteiger partial charge in [-0.1, -0.05) is 6.07 Å². The second-order valence-corrected chi connectivity index (χ2v) is 10.7. The van der Waals surface area contributed by atoms with Crippen LogP contribution < -0.4 is 11.1 Å². The van der Waals surface area contributed by atoms with Gasteiger partial charge in [-0.3, -0.25) is 14.5 Å². The molecule has 39 heavy (non-hydrogen) atoms. The lowest BCUT2D eigenvalue weighted by molar-refractivity contribution is -0.145. The molecule has 4 rings (SSSR count). The average molecular weight is 560 g/mol. The molecule has 1 aliphatic rings. The highest BCUT2D eigenvalue weighted by molar-refractivity contribution is 7.20. The molecule has 1 aromatic carbocycles. The largest absolute Gasteiger partial charge is 0.393 e. The Morgan fingerprint density at radius 2 is 2.00 bits per heavy atom. The predicted octanol–water partition coefficient (Wildman–Crippen LogP) is 3.14. The highest BCUT2D eigenvalue weighted by Gasteiger charge is 2.26. The number of pyridine rings is 1. The van der Waals surface area contributed by atoms with E-state index in [1.807, 2.05) is 19.0 Å². The molecule has 0 saturated carbocycles. The number of carbonyl (C=O) groups excluding carboxylic acids is 2. The standard InChI is InChI=1S/C27H31F2N5O4S/c1-15(35)9-16-10-19(28)25(20(29)11-16)21-13-18(26(30)37)27(39-21)32-22-6-4-5-17(31-22)12-23(36)34-7-8-38-24(14-34)33(2)3/h4-6,10-11,13,15,24,35H,7-9,12,14H2,1-3H3,(H2,30,37)(H,31,32). The van der Waals surface area contributed by atoms with Crippen LogP contribution in [0.15, 0.2) is 36.4 Å². The van der Waals surface area contributed by atoms with E-state index in [2.05, 4.69) is 10.3 Å². The fourth-order valence-electron chi connectivity index (χ4n) is 4.31. The van der Waals surface area contributed by atoms with Gasteiger partial charge in [0.05, 0.1) is 42.5 Å². The number of amides is 2. The Labute approximate surface area is 229 Å². The molecular weight excluding hydrogens is 528 g/mol. The Morgan fingerprint density at radius 3 is 2.64 bits per heavy atom. The van der Waals surface area contributed by atoms with Gasteiger partial charge in [-0.25, -0.2) is 13.8 Å². The second kappa shape index (κ2) is 12.2. The van der Waals surface area contributed by atoms with Crippen LogP contribution in [0.3, 0.4) is 0 Å². The number of morpholine rings is 1. The van der Waals surface area contributed by atoms with Crippen LogP contribution in [0.4, 0.5) is 19.6 Å². The number of ether oxygens (including phenoxy) is 1. The number of aliphatic hydroxyl groups excluding tert-OH is 1. The normalized spacial score (nSPS) is 16.4. The first-order valence-corrected chi connectivity index (χ1v) is 13.2. The van der Waals surface area contributed by atoms with Gasteiger partial charge in [-0.2, -0.15) is 0 Å². The number of benzene rings is 1. The number of primary amides is 1. The van der Waals surface area contributed by atoms with Crippen molar-refractivity contribution < 1.29 is 28.2 Å². The van der Waals surface area contributed by atoms with E-state index >= 15 is 0 Å². The van der Waals surface area contributed by atoms with Gasteiger partial charge in [0, 0.05) is 11.4 Å². The van der Waals surface area contributed by atoms with Crippen molar-refractivity contribution in [3.8, 4) is 10.4 Å².